The summed E-state index contributed by atoms with van der Waals surface area (Å²) in [6, 6.07) is 5.08. The molecule has 1 rings (SSSR count). The van der Waals surface area contributed by atoms with E-state index in [1.807, 2.05) is 0 Å². The van der Waals surface area contributed by atoms with Crippen LogP contribution in [0.3, 0.4) is 0 Å². The van der Waals surface area contributed by atoms with E-state index in [1.165, 1.54) is 31.2 Å². The zero-order chi connectivity index (χ0) is 16.2. The van der Waals surface area contributed by atoms with Gasteiger partial charge in [-0.15, -0.1) is 0 Å². The van der Waals surface area contributed by atoms with Gasteiger partial charge in [0, 0.05) is 18.7 Å². The van der Waals surface area contributed by atoms with Gasteiger partial charge in [-0.25, -0.2) is 8.42 Å². The van der Waals surface area contributed by atoms with Crippen LogP contribution < -0.4 is 5.32 Å². The maximum Gasteiger partial charge on any atom is 0.318 e. The van der Waals surface area contributed by atoms with Crippen LogP contribution >= 0.6 is 0 Å². The fourth-order valence-electron chi connectivity index (χ4n) is 1.73. The second kappa shape index (κ2) is 6.68. The SMILES string of the molecule is CC(=O)Nc1ccc(S(=O)(=O)N(CC(=O)O)C(C)C)cc1. The van der Waals surface area contributed by atoms with Crippen molar-refractivity contribution in [2.24, 2.45) is 0 Å². The highest BCUT2D eigenvalue weighted by Crippen LogP contribution is 2.20. The van der Waals surface area contributed by atoms with Crippen molar-refractivity contribution < 1.29 is 23.1 Å². The lowest BCUT2D eigenvalue weighted by Crippen LogP contribution is -2.40. The first-order valence-electron chi connectivity index (χ1n) is 6.26. The molecule has 116 valence electrons. The lowest BCUT2D eigenvalue weighted by atomic mass is 10.3. The Morgan fingerprint density at radius 3 is 2.14 bits per heavy atom. The van der Waals surface area contributed by atoms with Gasteiger partial charge in [0.15, 0.2) is 0 Å². The second-order valence-corrected chi connectivity index (χ2v) is 6.63. The minimum Gasteiger partial charge on any atom is -0.480 e. The Bertz CT molecular complexity index is 622. The van der Waals surface area contributed by atoms with Gasteiger partial charge in [-0.3, -0.25) is 9.59 Å². The smallest absolute Gasteiger partial charge is 0.318 e. The van der Waals surface area contributed by atoms with Crippen LogP contribution in [0.25, 0.3) is 0 Å². The van der Waals surface area contributed by atoms with Crippen LogP contribution in [0.2, 0.25) is 0 Å². The third-order valence-electron chi connectivity index (χ3n) is 2.65. The lowest BCUT2D eigenvalue weighted by molar-refractivity contribution is -0.137. The number of carboxylic acids is 1. The molecular weight excluding hydrogens is 296 g/mol. The van der Waals surface area contributed by atoms with Crippen molar-refractivity contribution in [3.63, 3.8) is 0 Å². The van der Waals surface area contributed by atoms with E-state index in [0.29, 0.717) is 5.69 Å². The number of carboxylic acid groups (broad SMARTS) is 1. The number of sulfonamides is 1. The minimum atomic E-state index is -3.90. The molecule has 0 fully saturated rings. The number of amides is 1. The first kappa shape index (κ1) is 17.1. The molecule has 0 aliphatic carbocycles. The maximum absolute atomic E-state index is 12.4. The normalized spacial score (nSPS) is 11.7. The third-order valence-corrected chi connectivity index (χ3v) is 4.68. The molecule has 0 unspecified atom stereocenters. The summed E-state index contributed by atoms with van der Waals surface area (Å²) in [5.41, 5.74) is 0.468. The van der Waals surface area contributed by atoms with E-state index in [1.54, 1.807) is 13.8 Å². The minimum absolute atomic E-state index is 0.0217. The van der Waals surface area contributed by atoms with E-state index in [4.69, 9.17) is 5.11 Å². The van der Waals surface area contributed by atoms with E-state index < -0.39 is 28.6 Å². The van der Waals surface area contributed by atoms with Gasteiger partial charge in [0.2, 0.25) is 15.9 Å². The Morgan fingerprint density at radius 2 is 1.76 bits per heavy atom. The van der Waals surface area contributed by atoms with Crippen LogP contribution in [-0.4, -0.2) is 42.3 Å². The highest BCUT2D eigenvalue weighted by molar-refractivity contribution is 7.89. The van der Waals surface area contributed by atoms with Crippen molar-refractivity contribution in [3.05, 3.63) is 24.3 Å². The van der Waals surface area contributed by atoms with Crippen molar-refractivity contribution in [2.75, 3.05) is 11.9 Å². The Morgan fingerprint density at radius 1 is 1.24 bits per heavy atom. The summed E-state index contributed by atoms with van der Waals surface area (Å²) in [7, 11) is -3.90. The molecule has 8 heteroatoms. The number of aliphatic carboxylic acids is 1. The van der Waals surface area contributed by atoms with Crippen molar-refractivity contribution >= 4 is 27.6 Å². The second-order valence-electron chi connectivity index (χ2n) is 4.74. The number of hydrogen-bond acceptors (Lipinski definition) is 4. The number of nitrogens with zero attached hydrogens (tertiary/aromatic N) is 1. The molecule has 0 saturated carbocycles. The van der Waals surface area contributed by atoms with E-state index in [2.05, 4.69) is 5.32 Å². The summed E-state index contributed by atoms with van der Waals surface area (Å²) >= 11 is 0. The van der Waals surface area contributed by atoms with Gasteiger partial charge in [0.05, 0.1) is 4.90 Å². The molecule has 0 spiro atoms. The first-order chi connectivity index (χ1) is 9.64. The van der Waals surface area contributed by atoms with E-state index in [-0.39, 0.29) is 10.8 Å². The topological polar surface area (TPSA) is 104 Å². The number of rotatable bonds is 6. The van der Waals surface area contributed by atoms with Crippen molar-refractivity contribution in [3.8, 4) is 0 Å². The molecule has 21 heavy (non-hydrogen) atoms. The van der Waals surface area contributed by atoms with Crippen LogP contribution in [0.15, 0.2) is 29.2 Å². The summed E-state index contributed by atoms with van der Waals surface area (Å²) in [5.74, 6) is -1.48. The van der Waals surface area contributed by atoms with E-state index in [0.717, 1.165) is 4.31 Å². The molecule has 0 saturated heterocycles. The molecule has 1 aromatic rings. The van der Waals surface area contributed by atoms with Gasteiger partial charge in [0.25, 0.3) is 0 Å². The van der Waals surface area contributed by atoms with E-state index in [9.17, 15) is 18.0 Å². The molecule has 0 atom stereocenters. The standard InChI is InChI=1S/C13H18N2O5S/c1-9(2)15(8-13(17)18)21(19,20)12-6-4-11(5-7-12)14-10(3)16/h4-7,9H,8H2,1-3H3,(H,14,16)(H,17,18). The van der Waals surface area contributed by atoms with Crippen LogP contribution in [0.1, 0.15) is 20.8 Å². The molecule has 1 amide bonds. The molecule has 0 aliphatic rings. The number of hydrogen-bond donors (Lipinski definition) is 2. The van der Waals surface area contributed by atoms with Crippen LogP contribution in [0.4, 0.5) is 5.69 Å². The molecule has 0 aliphatic heterocycles. The van der Waals surface area contributed by atoms with Gasteiger partial charge in [0.1, 0.15) is 6.54 Å². The molecule has 0 heterocycles. The molecule has 0 bridgehead atoms. The Kier molecular flexibility index (Phi) is 5.45. The summed E-state index contributed by atoms with van der Waals surface area (Å²) in [6.07, 6.45) is 0. The fraction of sp³-hybridized carbons (Fsp3) is 0.385. The maximum atomic E-state index is 12.4. The average Bonchev–Trinajstić information content (AvgIpc) is 2.35. The average molecular weight is 314 g/mol. The summed E-state index contributed by atoms with van der Waals surface area (Å²) in [6.45, 7) is 3.95. The van der Waals surface area contributed by atoms with Crippen LogP contribution in [-0.2, 0) is 19.6 Å². The van der Waals surface area contributed by atoms with Crippen LogP contribution in [0.5, 0.6) is 0 Å². The Labute approximate surface area is 123 Å². The molecule has 0 radical (unpaired) electrons. The number of benzene rings is 1. The summed E-state index contributed by atoms with van der Waals surface area (Å²) in [5, 5.41) is 11.4. The first-order valence-corrected chi connectivity index (χ1v) is 7.70. The molecule has 0 aromatic heterocycles. The summed E-state index contributed by atoms with van der Waals surface area (Å²) in [4.78, 5) is 21.7. The zero-order valence-electron chi connectivity index (χ0n) is 12.0. The van der Waals surface area contributed by atoms with E-state index >= 15 is 0 Å². The monoisotopic (exact) mass is 314 g/mol. The molecule has 1 aromatic carbocycles. The third kappa shape index (κ3) is 4.54. The zero-order valence-corrected chi connectivity index (χ0v) is 12.8. The van der Waals surface area contributed by atoms with Gasteiger partial charge in [-0.05, 0) is 38.1 Å². The Balaban J connectivity index is 3.10. The molecular formula is C13H18N2O5S. The van der Waals surface area contributed by atoms with Crippen molar-refractivity contribution in [2.45, 2.75) is 31.7 Å². The number of carbonyl (C=O) groups is 2. The largest absolute Gasteiger partial charge is 0.480 e. The van der Waals surface area contributed by atoms with Gasteiger partial charge < -0.3 is 10.4 Å². The number of nitrogens with one attached hydrogen (secondary N) is 1. The van der Waals surface area contributed by atoms with Crippen LogP contribution in [0, 0.1) is 0 Å². The van der Waals surface area contributed by atoms with Crippen molar-refractivity contribution in [1.82, 2.24) is 4.31 Å². The summed E-state index contributed by atoms with van der Waals surface area (Å²) < 4.78 is 25.7. The highest BCUT2D eigenvalue weighted by Gasteiger charge is 2.28. The van der Waals surface area contributed by atoms with Gasteiger partial charge in [-0.2, -0.15) is 4.31 Å². The Hall–Kier alpha value is -1.93. The predicted octanol–water partition coefficient (Wildman–Crippen LogP) is 1.13. The number of carbonyl (C=O) groups excluding carboxylic acids is 1. The predicted molar refractivity (Wildman–Crippen MR) is 77.4 cm³/mol. The quantitative estimate of drug-likeness (QED) is 0.819. The van der Waals surface area contributed by atoms with Gasteiger partial charge >= 0.3 is 5.97 Å². The molecule has 7 nitrogen and oxygen atoms in total. The van der Waals surface area contributed by atoms with Gasteiger partial charge in [-0.1, -0.05) is 0 Å². The molecule has 2 N–H and O–H groups in total. The fourth-order valence-corrected chi connectivity index (χ4v) is 3.31. The lowest BCUT2D eigenvalue weighted by Gasteiger charge is -2.24. The highest BCUT2D eigenvalue weighted by atomic mass is 32.2. The van der Waals surface area contributed by atoms with Crippen molar-refractivity contribution in [1.29, 1.82) is 0 Å². The number of anilines is 1.